The average molecular weight is 453 g/mol. The quantitative estimate of drug-likeness (QED) is 0.503. The van der Waals surface area contributed by atoms with Crippen LogP contribution in [0.3, 0.4) is 0 Å². The Hall–Kier alpha value is -2.50. The maximum atomic E-state index is 13.4. The molecule has 0 aromatic heterocycles. The van der Waals surface area contributed by atoms with Crippen molar-refractivity contribution in [2.75, 3.05) is 0 Å². The summed E-state index contributed by atoms with van der Waals surface area (Å²) in [5.74, 6) is -0.0313. The Bertz CT molecular complexity index is 1030. The highest BCUT2D eigenvalue weighted by molar-refractivity contribution is 9.10. The smallest absolute Gasteiger partial charge is 0.126 e. The fraction of sp³-hybridized carbons (Fsp3) is 0.208. The van der Waals surface area contributed by atoms with E-state index in [4.69, 9.17) is 4.99 Å². The van der Waals surface area contributed by atoms with E-state index in [1.165, 1.54) is 17.7 Å². The predicted octanol–water partition coefficient (Wildman–Crippen LogP) is 6.08. The molecule has 0 saturated heterocycles. The minimum atomic E-state index is -0.325. The van der Waals surface area contributed by atoms with E-state index in [1.54, 1.807) is 18.2 Å². The molecular formula is C24H22BrFN2O. The maximum Gasteiger partial charge on any atom is 0.126 e. The number of hydrogen-bond donors (Lipinski definition) is 2. The molecule has 0 aliphatic carbocycles. The van der Waals surface area contributed by atoms with E-state index in [0.717, 1.165) is 33.3 Å². The van der Waals surface area contributed by atoms with Crippen LogP contribution in [0.1, 0.15) is 47.8 Å². The molecule has 2 atom stereocenters. The van der Waals surface area contributed by atoms with Gasteiger partial charge in [-0.1, -0.05) is 59.3 Å². The van der Waals surface area contributed by atoms with Crippen molar-refractivity contribution < 1.29 is 9.50 Å². The van der Waals surface area contributed by atoms with Gasteiger partial charge >= 0.3 is 0 Å². The number of rotatable bonds is 4. The van der Waals surface area contributed by atoms with Crippen LogP contribution in [0.4, 0.5) is 4.39 Å². The molecule has 0 saturated carbocycles. The Kier molecular flexibility index (Phi) is 5.79. The third-order valence-corrected chi connectivity index (χ3v) is 5.78. The second kappa shape index (κ2) is 8.47. The summed E-state index contributed by atoms with van der Waals surface area (Å²) in [6.45, 7) is 2.13. The summed E-state index contributed by atoms with van der Waals surface area (Å²) in [6.07, 6.45) is 1.31. The van der Waals surface area contributed by atoms with Gasteiger partial charge in [-0.05, 0) is 53.4 Å². The van der Waals surface area contributed by atoms with Gasteiger partial charge < -0.3 is 5.11 Å². The molecule has 1 aliphatic rings. The zero-order chi connectivity index (χ0) is 20.4. The second-order valence-corrected chi connectivity index (χ2v) is 8.12. The first-order chi connectivity index (χ1) is 14.0. The molecule has 5 heteroatoms. The Labute approximate surface area is 178 Å². The predicted molar refractivity (Wildman–Crippen MR) is 118 cm³/mol. The molecule has 2 N–H and O–H groups in total. The molecule has 0 spiro atoms. The lowest BCUT2D eigenvalue weighted by molar-refractivity contribution is 0.412. The van der Waals surface area contributed by atoms with Gasteiger partial charge in [-0.15, -0.1) is 0 Å². The van der Waals surface area contributed by atoms with Crippen molar-refractivity contribution in [3.8, 4) is 5.75 Å². The molecule has 1 heterocycles. The second-order valence-electron chi connectivity index (χ2n) is 7.21. The van der Waals surface area contributed by atoms with Gasteiger partial charge in [0.1, 0.15) is 17.7 Å². The number of nitrogens with zero attached hydrogens (tertiary/aromatic N) is 1. The first-order valence-corrected chi connectivity index (χ1v) is 10.5. The summed E-state index contributed by atoms with van der Waals surface area (Å²) in [7, 11) is 0. The molecule has 0 amide bonds. The Morgan fingerprint density at radius 1 is 1.07 bits per heavy atom. The van der Waals surface area contributed by atoms with Crippen molar-refractivity contribution in [1.29, 1.82) is 0 Å². The number of nitrogens with one attached hydrogen (secondary N) is 1. The van der Waals surface area contributed by atoms with Crippen LogP contribution in [0.5, 0.6) is 5.75 Å². The summed E-state index contributed by atoms with van der Waals surface area (Å²) in [4.78, 5) is 4.93. The Morgan fingerprint density at radius 2 is 1.79 bits per heavy atom. The molecule has 148 valence electrons. The number of hydrogen-bond acceptors (Lipinski definition) is 3. The standard InChI is InChI=1S/C24H22BrFN2O/c1-2-15-3-5-16(6-4-15)21-14-22(20-13-18(25)9-12-23(20)29)28-24(27-21)17-7-10-19(26)11-8-17/h3-13,22,24,28-29H,2,14H2,1H3/t22-,24+/m0/s1. The molecular weight excluding hydrogens is 431 g/mol. The summed E-state index contributed by atoms with van der Waals surface area (Å²) >= 11 is 3.50. The van der Waals surface area contributed by atoms with Gasteiger partial charge in [-0.2, -0.15) is 0 Å². The van der Waals surface area contributed by atoms with E-state index in [9.17, 15) is 9.50 Å². The Balaban J connectivity index is 1.75. The van der Waals surface area contributed by atoms with E-state index in [1.807, 2.05) is 12.1 Å². The van der Waals surface area contributed by atoms with Gasteiger partial charge in [0.25, 0.3) is 0 Å². The van der Waals surface area contributed by atoms with Crippen LogP contribution in [0.25, 0.3) is 0 Å². The van der Waals surface area contributed by atoms with Gasteiger partial charge in [-0.3, -0.25) is 10.3 Å². The molecule has 3 aromatic carbocycles. The van der Waals surface area contributed by atoms with Gasteiger partial charge in [0, 0.05) is 28.2 Å². The van der Waals surface area contributed by atoms with Gasteiger partial charge in [0.05, 0.1) is 0 Å². The van der Waals surface area contributed by atoms with Gasteiger partial charge in [-0.25, -0.2) is 4.39 Å². The van der Waals surface area contributed by atoms with Crippen molar-refractivity contribution in [3.63, 3.8) is 0 Å². The van der Waals surface area contributed by atoms with E-state index in [-0.39, 0.29) is 23.8 Å². The van der Waals surface area contributed by atoms with Gasteiger partial charge in [0.2, 0.25) is 0 Å². The lowest BCUT2D eigenvalue weighted by Crippen LogP contribution is -2.33. The van der Waals surface area contributed by atoms with Crippen molar-refractivity contribution >= 4 is 21.6 Å². The number of aliphatic imine (C=N–C) groups is 1. The topological polar surface area (TPSA) is 44.6 Å². The van der Waals surface area contributed by atoms with Crippen LogP contribution < -0.4 is 5.32 Å². The number of halogens is 2. The fourth-order valence-electron chi connectivity index (χ4n) is 3.63. The molecule has 1 aliphatic heterocycles. The summed E-state index contributed by atoms with van der Waals surface area (Å²) < 4.78 is 14.3. The maximum absolute atomic E-state index is 13.4. The normalized spacial score (nSPS) is 19.1. The highest BCUT2D eigenvalue weighted by Crippen LogP contribution is 2.35. The van der Waals surface area contributed by atoms with Crippen LogP contribution in [0, 0.1) is 5.82 Å². The van der Waals surface area contributed by atoms with Crippen LogP contribution in [-0.2, 0) is 6.42 Å². The first-order valence-electron chi connectivity index (χ1n) is 9.69. The molecule has 3 nitrogen and oxygen atoms in total. The zero-order valence-electron chi connectivity index (χ0n) is 16.1. The number of aryl methyl sites for hydroxylation is 1. The van der Waals surface area contributed by atoms with E-state index in [0.29, 0.717) is 6.42 Å². The van der Waals surface area contributed by atoms with Crippen LogP contribution in [0.2, 0.25) is 0 Å². The SMILES string of the molecule is CCc1ccc(C2=N[C@@H](c3ccc(F)cc3)N[C@H](c3cc(Br)ccc3O)C2)cc1. The summed E-state index contributed by atoms with van der Waals surface area (Å²) in [5.41, 5.74) is 5.00. The van der Waals surface area contributed by atoms with Crippen LogP contribution >= 0.6 is 15.9 Å². The summed E-state index contributed by atoms with van der Waals surface area (Å²) in [6, 6.07) is 20.1. The first kappa shape index (κ1) is 19.8. The number of phenols is 1. The molecule has 4 rings (SSSR count). The molecule has 0 radical (unpaired) electrons. The van der Waals surface area contributed by atoms with E-state index >= 15 is 0 Å². The molecule has 0 bridgehead atoms. The number of benzene rings is 3. The Morgan fingerprint density at radius 3 is 2.48 bits per heavy atom. The highest BCUT2D eigenvalue weighted by atomic mass is 79.9. The van der Waals surface area contributed by atoms with Crippen molar-refractivity contribution in [2.24, 2.45) is 4.99 Å². The number of aromatic hydroxyl groups is 1. The molecule has 0 fully saturated rings. The van der Waals surface area contributed by atoms with Gasteiger partial charge in [0.15, 0.2) is 0 Å². The largest absolute Gasteiger partial charge is 0.508 e. The van der Waals surface area contributed by atoms with Crippen molar-refractivity contribution in [2.45, 2.75) is 32.0 Å². The van der Waals surface area contributed by atoms with Crippen molar-refractivity contribution in [3.05, 3.63) is 99.3 Å². The van der Waals surface area contributed by atoms with E-state index in [2.05, 4.69) is 52.4 Å². The average Bonchev–Trinajstić information content (AvgIpc) is 2.75. The highest BCUT2D eigenvalue weighted by Gasteiger charge is 2.27. The number of phenolic OH excluding ortho intramolecular Hbond substituents is 1. The minimum Gasteiger partial charge on any atom is -0.508 e. The lowest BCUT2D eigenvalue weighted by atomic mass is 9.93. The lowest BCUT2D eigenvalue weighted by Gasteiger charge is -2.31. The zero-order valence-corrected chi connectivity index (χ0v) is 17.7. The monoisotopic (exact) mass is 452 g/mol. The summed E-state index contributed by atoms with van der Waals surface area (Å²) in [5, 5.41) is 14.0. The molecule has 29 heavy (non-hydrogen) atoms. The minimum absolute atomic E-state index is 0.124. The van der Waals surface area contributed by atoms with Crippen LogP contribution in [-0.4, -0.2) is 10.8 Å². The van der Waals surface area contributed by atoms with Crippen LogP contribution in [0.15, 0.2) is 76.2 Å². The molecule has 3 aromatic rings. The van der Waals surface area contributed by atoms with E-state index < -0.39 is 0 Å². The third-order valence-electron chi connectivity index (χ3n) is 5.29. The molecule has 0 unspecified atom stereocenters. The fourth-order valence-corrected chi connectivity index (χ4v) is 4.01. The third kappa shape index (κ3) is 4.41. The van der Waals surface area contributed by atoms with Crippen molar-refractivity contribution in [1.82, 2.24) is 5.32 Å².